The van der Waals surface area contributed by atoms with Crippen molar-refractivity contribution in [2.75, 3.05) is 11.9 Å². The smallest absolute Gasteiger partial charge is 0.267 e. The van der Waals surface area contributed by atoms with E-state index in [1.165, 1.54) is 42.4 Å². The van der Waals surface area contributed by atoms with Gasteiger partial charge in [-0.05, 0) is 31.9 Å². The lowest BCUT2D eigenvalue weighted by Crippen LogP contribution is -2.14. The zero-order valence-corrected chi connectivity index (χ0v) is 13.8. The van der Waals surface area contributed by atoms with Crippen molar-refractivity contribution in [2.24, 2.45) is 0 Å². The molecule has 1 saturated carbocycles. The van der Waals surface area contributed by atoms with Gasteiger partial charge in [0.15, 0.2) is 0 Å². The summed E-state index contributed by atoms with van der Waals surface area (Å²) in [5.74, 6) is 0.118. The van der Waals surface area contributed by atoms with Crippen LogP contribution >= 0.6 is 11.3 Å². The summed E-state index contributed by atoms with van der Waals surface area (Å²) >= 11 is 1.35. The van der Waals surface area contributed by atoms with E-state index in [2.05, 4.69) is 10.3 Å². The average Bonchev–Trinajstić information content (AvgIpc) is 3.20. The minimum atomic E-state index is -0.393. The molecular formula is C17H19FN2O2S. The molecule has 0 spiro atoms. The number of hydrogen-bond donors (Lipinski definition) is 1. The first-order valence-corrected chi connectivity index (χ1v) is 8.74. The highest BCUT2D eigenvalue weighted by Crippen LogP contribution is 2.36. The summed E-state index contributed by atoms with van der Waals surface area (Å²) in [5, 5.41) is 2.83. The van der Waals surface area contributed by atoms with Crippen molar-refractivity contribution < 1.29 is 13.9 Å². The Morgan fingerprint density at radius 2 is 2.22 bits per heavy atom. The number of carbonyl (C=O) groups excluding carboxylic acids is 1. The standard InChI is InChI=1S/C17H19FN2O2S/c1-2-22-14-9-12(18)7-8-13(14)20-17(21)16-15(19-10-23-16)11-5-3-4-6-11/h7-11H,2-6H2,1H3,(H,20,21). The van der Waals surface area contributed by atoms with E-state index in [0.717, 1.165) is 18.5 Å². The fourth-order valence-electron chi connectivity index (χ4n) is 2.97. The molecule has 1 aliphatic rings. The summed E-state index contributed by atoms with van der Waals surface area (Å²) < 4.78 is 18.7. The van der Waals surface area contributed by atoms with Gasteiger partial charge in [0.2, 0.25) is 0 Å². The van der Waals surface area contributed by atoms with E-state index in [1.807, 2.05) is 6.92 Å². The number of amides is 1. The van der Waals surface area contributed by atoms with Gasteiger partial charge in [-0.15, -0.1) is 11.3 Å². The third kappa shape index (κ3) is 3.52. The minimum Gasteiger partial charge on any atom is -0.492 e. The van der Waals surface area contributed by atoms with Crippen LogP contribution in [0.25, 0.3) is 0 Å². The average molecular weight is 334 g/mol. The van der Waals surface area contributed by atoms with Crippen LogP contribution in [0.4, 0.5) is 10.1 Å². The number of hydrogen-bond acceptors (Lipinski definition) is 4. The zero-order valence-electron chi connectivity index (χ0n) is 13.0. The monoisotopic (exact) mass is 334 g/mol. The Hall–Kier alpha value is -1.95. The van der Waals surface area contributed by atoms with E-state index >= 15 is 0 Å². The predicted octanol–water partition coefficient (Wildman–Crippen LogP) is 4.59. The molecule has 122 valence electrons. The number of ether oxygens (including phenoxy) is 1. The number of nitrogens with zero attached hydrogens (tertiary/aromatic N) is 1. The number of nitrogens with one attached hydrogen (secondary N) is 1. The van der Waals surface area contributed by atoms with E-state index in [-0.39, 0.29) is 5.91 Å². The highest BCUT2D eigenvalue weighted by atomic mass is 32.1. The van der Waals surface area contributed by atoms with Crippen LogP contribution in [-0.2, 0) is 0 Å². The summed E-state index contributed by atoms with van der Waals surface area (Å²) in [4.78, 5) is 17.6. The van der Waals surface area contributed by atoms with Gasteiger partial charge in [-0.2, -0.15) is 0 Å². The van der Waals surface area contributed by atoms with Gasteiger partial charge in [-0.25, -0.2) is 9.37 Å². The molecule has 0 bridgehead atoms. The number of carbonyl (C=O) groups is 1. The molecule has 0 atom stereocenters. The maximum absolute atomic E-state index is 13.3. The van der Waals surface area contributed by atoms with E-state index in [4.69, 9.17) is 4.74 Å². The second-order valence-electron chi connectivity index (χ2n) is 5.58. The molecule has 23 heavy (non-hydrogen) atoms. The van der Waals surface area contributed by atoms with Crippen molar-refractivity contribution >= 4 is 22.9 Å². The number of halogens is 1. The molecule has 1 heterocycles. The lowest BCUT2D eigenvalue weighted by atomic mass is 10.0. The van der Waals surface area contributed by atoms with Crippen molar-refractivity contribution in [3.63, 3.8) is 0 Å². The van der Waals surface area contributed by atoms with Crippen molar-refractivity contribution in [1.82, 2.24) is 4.98 Å². The molecule has 1 aliphatic carbocycles. The summed E-state index contributed by atoms with van der Waals surface area (Å²) in [6.45, 7) is 2.22. The molecule has 1 aromatic carbocycles. The lowest BCUT2D eigenvalue weighted by Gasteiger charge is -2.12. The summed E-state index contributed by atoms with van der Waals surface area (Å²) in [7, 11) is 0. The maximum Gasteiger partial charge on any atom is 0.267 e. The van der Waals surface area contributed by atoms with Crippen molar-refractivity contribution in [1.29, 1.82) is 0 Å². The molecule has 0 aliphatic heterocycles. The maximum atomic E-state index is 13.3. The van der Waals surface area contributed by atoms with Crippen molar-refractivity contribution in [3.8, 4) is 5.75 Å². The SMILES string of the molecule is CCOc1cc(F)ccc1NC(=O)c1scnc1C1CCCC1. The van der Waals surface area contributed by atoms with Crippen LogP contribution in [-0.4, -0.2) is 17.5 Å². The highest BCUT2D eigenvalue weighted by molar-refractivity contribution is 7.12. The molecule has 0 saturated heterocycles. The highest BCUT2D eigenvalue weighted by Gasteiger charge is 2.25. The van der Waals surface area contributed by atoms with Crippen LogP contribution in [0.1, 0.15) is 53.9 Å². The largest absolute Gasteiger partial charge is 0.492 e. The minimum absolute atomic E-state index is 0.207. The van der Waals surface area contributed by atoms with Gasteiger partial charge in [0.05, 0.1) is 23.5 Å². The number of thiazole rings is 1. The van der Waals surface area contributed by atoms with E-state index in [0.29, 0.717) is 28.8 Å². The van der Waals surface area contributed by atoms with Crippen LogP contribution in [0, 0.1) is 5.82 Å². The fraction of sp³-hybridized carbons (Fsp3) is 0.412. The van der Waals surface area contributed by atoms with E-state index in [9.17, 15) is 9.18 Å². The summed E-state index contributed by atoms with van der Waals surface area (Å²) in [6.07, 6.45) is 4.56. The van der Waals surface area contributed by atoms with Crippen LogP contribution in [0.3, 0.4) is 0 Å². The van der Waals surface area contributed by atoms with E-state index in [1.54, 1.807) is 5.51 Å². The number of anilines is 1. The molecule has 4 nitrogen and oxygen atoms in total. The van der Waals surface area contributed by atoms with Gasteiger partial charge in [-0.1, -0.05) is 12.8 Å². The molecule has 0 radical (unpaired) electrons. The number of rotatable bonds is 5. The third-order valence-electron chi connectivity index (χ3n) is 4.03. The van der Waals surface area contributed by atoms with Gasteiger partial charge in [0, 0.05) is 12.0 Å². The Balaban J connectivity index is 1.81. The first kappa shape index (κ1) is 15.9. The molecule has 1 N–H and O–H groups in total. The summed E-state index contributed by atoms with van der Waals surface area (Å²) in [6, 6.07) is 4.11. The Morgan fingerprint density at radius 3 is 2.96 bits per heavy atom. The molecule has 6 heteroatoms. The van der Waals surface area contributed by atoms with Gasteiger partial charge in [0.1, 0.15) is 16.4 Å². The molecule has 3 rings (SSSR count). The first-order chi connectivity index (χ1) is 11.2. The Kier molecular flexibility index (Phi) is 4.91. The molecular weight excluding hydrogens is 315 g/mol. The fourth-order valence-corrected chi connectivity index (χ4v) is 3.74. The van der Waals surface area contributed by atoms with Gasteiger partial charge in [0.25, 0.3) is 5.91 Å². The Labute approximate surface area is 138 Å². The van der Waals surface area contributed by atoms with Gasteiger partial charge >= 0.3 is 0 Å². The van der Waals surface area contributed by atoms with E-state index < -0.39 is 5.82 Å². The van der Waals surface area contributed by atoms with Crippen LogP contribution < -0.4 is 10.1 Å². The predicted molar refractivity (Wildman–Crippen MR) is 88.8 cm³/mol. The van der Waals surface area contributed by atoms with Crippen LogP contribution in [0.15, 0.2) is 23.7 Å². The topological polar surface area (TPSA) is 51.2 Å². The molecule has 1 amide bonds. The van der Waals surface area contributed by atoms with Crippen LogP contribution in [0.2, 0.25) is 0 Å². The quantitative estimate of drug-likeness (QED) is 0.870. The molecule has 0 unspecified atom stereocenters. The third-order valence-corrected chi connectivity index (χ3v) is 4.88. The van der Waals surface area contributed by atoms with Crippen LogP contribution in [0.5, 0.6) is 5.75 Å². The second-order valence-corrected chi connectivity index (χ2v) is 6.43. The van der Waals surface area contributed by atoms with Crippen molar-refractivity contribution in [2.45, 2.75) is 38.5 Å². The second kappa shape index (κ2) is 7.08. The zero-order chi connectivity index (χ0) is 16.2. The lowest BCUT2D eigenvalue weighted by molar-refractivity contribution is 0.102. The van der Waals surface area contributed by atoms with Crippen molar-refractivity contribution in [3.05, 3.63) is 40.1 Å². The summed E-state index contributed by atoms with van der Waals surface area (Å²) in [5.41, 5.74) is 3.09. The Morgan fingerprint density at radius 1 is 1.43 bits per heavy atom. The number of aromatic nitrogens is 1. The molecule has 1 aromatic heterocycles. The Bertz CT molecular complexity index is 696. The normalized spacial score (nSPS) is 14.9. The first-order valence-electron chi connectivity index (χ1n) is 7.86. The van der Waals surface area contributed by atoms with Gasteiger partial charge < -0.3 is 10.1 Å². The molecule has 2 aromatic rings. The van der Waals surface area contributed by atoms with Gasteiger partial charge in [-0.3, -0.25) is 4.79 Å². The number of benzene rings is 1. The molecule has 1 fully saturated rings.